The minimum Gasteiger partial charge on any atom is -0.339 e. The third kappa shape index (κ3) is 2.62. The minimum absolute atomic E-state index is 0.0363. The van der Waals surface area contributed by atoms with Crippen molar-refractivity contribution in [3.63, 3.8) is 0 Å². The number of hydrogen-bond donors (Lipinski definition) is 1. The van der Waals surface area contributed by atoms with Gasteiger partial charge in [0.15, 0.2) is 5.82 Å². The second kappa shape index (κ2) is 5.84. The Morgan fingerprint density at radius 2 is 1.85 bits per heavy atom. The first kappa shape index (κ1) is 14.1. The van der Waals surface area contributed by atoms with E-state index in [-0.39, 0.29) is 5.41 Å². The molecule has 3 rings (SSSR count). The average Bonchev–Trinajstić information content (AvgIpc) is 2.99. The molecule has 2 N–H and O–H groups in total. The van der Waals surface area contributed by atoms with Crippen LogP contribution in [-0.4, -0.2) is 16.7 Å². The van der Waals surface area contributed by atoms with Crippen molar-refractivity contribution in [3.05, 3.63) is 11.7 Å². The van der Waals surface area contributed by atoms with Crippen molar-refractivity contribution < 1.29 is 4.52 Å². The molecule has 0 spiro atoms. The summed E-state index contributed by atoms with van der Waals surface area (Å²) in [7, 11) is 0. The van der Waals surface area contributed by atoms with Crippen molar-refractivity contribution in [2.24, 2.45) is 11.7 Å². The highest BCUT2D eigenvalue weighted by Crippen LogP contribution is 2.39. The molecule has 112 valence electrons. The van der Waals surface area contributed by atoms with Crippen molar-refractivity contribution in [2.45, 2.75) is 76.0 Å². The first-order valence-corrected chi connectivity index (χ1v) is 8.28. The van der Waals surface area contributed by atoms with Gasteiger partial charge < -0.3 is 10.3 Å². The van der Waals surface area contributed by atoms with Gasteiger partial charge in [-0.3, -0.25) is 0 Å². The van der Waals surface area contributed by atoms with Crippen molar-refractivity contribution in [3.8, 4) is 0 Å². The van der Waals surface area contributed by atoms with Crippen LogP contribution in [0.15, 0.2) is 4.52 Å². The largest absolute Gasteiger partial charge is 0.339 e. The molecule has 2 saturated carbocycles. The molecule has 0 unspecified atom stereocenters. The molecule has 1 aromatic heterocycles. The Hall–Kier alpha value is -0.900. The van der Waals surface area contributed by atoms with Gasteiger partial charge >= 0.3 is 0 Å². The molecule has 0 amide bonds. The summed E-state index contributed by atoms with van der Waals surface area (Å²) in [5.74, 6) is 3.10. The third-order valence-electron chi connectivity index (χ3n) is 5.48. The first-order chi connectivity index (χ1) is 9.73. The summed E-state index contributed by atoms with van der Waals surface area (Å²) in [6, 6.07) is 0. The van der Waals surface area contributed by atoms with Gasteiger partial charge in [-0.15, -0.1) is 0 Å². The number of aromatic nitrogens is 2. The number of nitrogens with zero attached hydrogens (tertiary/aromatic N) is 2. The van der Waals surface area contributed by atoms with Crippen LogP contribution in [0.3, 0.4) is 0 Å². The highest BCUT2D eigenvalue weighted by Gasteiger charge is 2.38. The molecule has 0 bridgehead atoms. The lowest BCUT2D eigenvalue weighted by atomic mass is 9.74. The summed E-state index contributed by atoms with van der Waals surface area (Å²) in [4.78, 5) is 4.77. The van der Waals surface area contributed by atoms with Crippen LogP contribution < -0.4 is 5.73 Å². The van der Waals surface area contributed by atoms with E-state index in [0.29, 0.717) is 12.5 Å². The molecule has 4 heteroatoms. The molecule has 0 radical (unpaired) electrons. The maximum atomic E-state index is 6.05. The Kier molecular flexibility index (Phi) is 4.11. The molecular formula is C16H27N3O. The van der Waals surface area contributed by atoms with Gasteiger partial charge in [-0.2, -0.15) is 4.98 Å². The van der Waals surface area contributed by atoms with Crippen LogP contribution in [0.1, 0.15) is 82.3 Å². The van der Waals surface area contributed by atoms with Gasteiger partial charge in [0.05, 0.1) is 5.41 Å². The molecule has 0 aliphatic heterocycles. The van der Waals surface area contributed by atoms with E-state index < -0.39 is 0 Å². The van der Waals surface area contributed by atoms with E-state index in [9.17, 15) is 0 Å². The summed E-state index contributed by atoms with van der Waals surface area (Å²) < 4.78 is 5.64. The Labute approximate surface area is 121 Å². The van der Waals surface area contributed by atoms with E-state index in [1.54, 1.807) is 0 Å². The lowest BCUT2D eigenvalue weighted by Gasteiger charge is -2.32. The maximum absolute atomic E-state index is 6.05. The first-order valence-electron chi connectivity index (χ1n) is 8.28. The second-order valence-electron chi connectivity index (χ2n) is 6.96. The number of nitrogens with two attached hydrogens (primary N) is 1. The molecular weight excluding hydrogens is 250 g/mol. The van der Waals surface area contributed by atoms with Gasteiger partial charge in [0.25, 0.3) is 0 Å². The van der Waals surface area contributed by atoms with Crippen LogP contribution in [0.2, 0.25) is 0 Å². The van der Waals surface area contributed by atoms with E-state index in [4.69, 9.17) is 15.2 Å². The summed E-state index contributed by atoms with van der Waals surface area (Å²) >= 11 is 0. The van der Waals surface area contributed by atoms with Crippen LogP contribution in [0.4, 0.5) is 0 Å². The van der Waals surface area contributed by atoms with E-state index in [2.05, 4.69) is 12.1 Å². The molecule has 2 fully saturated rings. The van der Waals surface area contributed by atoms with Gasteiger partial charge in [0, 0.05) is 12.5 Å². The Bertz CT molecular complexity index is 429. The quantitative estimate of drug-likeness (QED) is 0.918. The van der Waals surface area contributed by atoms with Crippen LogP contribution >= 0.6 is 0 Å². The zero-order valence-corrected chi connectivity index (χ0v) is 12.6. The fourth-order valence-electron chi connectivity index (χ4n) is 3.87. The molecule has 0 saturated heterocycles. The smallest absolute Gasteiger partial charge is 0.234 e. The van der Waals surface area contributed by atoms with Gasteiger partial charge in [-0.05, 0) is 31.6 Å². The van der Waals surface area contributed by atoms with Crippen LogP contribution in [0, 0.1) is 5.92 Å². The van der Waals surface area contributed by atoms with Crippen LogP contribution in [-0.2, 0) is 5.41 Å². The van der Waals surface area contributed by atoms with E-state index >= 15 is 0 Å². The molecule has 2 aliphatic carbocycles. The second-order valence-corrected chi connectivity index (χ2v) is 6.96. The van der Waals surface area contributed by atoms with Crippen molar-refractivity contribution in [1.29, 1.82) is 0 Å². The fraction of sp³-hybridized carbons (Fsp3) is 0.875. The Balaban J connectivity index is 1.75. The van der Waals surface area contributed by atoms with Gasteiger partial charge in [-0.25, -0.2) is 0 Å². The highest BCUT2D eigenvalue weighted by molar-refractivity contribution is 5.09. The fourth-order valence-corrected chi connectivity index (χ4v) is 3.87. The topological polar surface area (TPSA) is 64.9 Å². The lowest BCUT2D eigenvalue weighted by Crippen LogP contribution is -2.37. The monoisotopic (exact) mass is 277 g/mol. The number of rotatable bonds is 3. The molecule has 2 aliphatic rings. The lowest BCUT2D eigenvalue weighted by molar-refractivity contribution is 0.219. The molecule has 1 heterocycles. The SMILES string of the molecule is CC1CCC(c2noc(C3(CN)CCCCC3)n2)CC1. The summed E-state index contributed by atoms with van der Waals surface area (Å²) in [5.41, 5.74) is 6.01. The minimum atomic E-state index is -0.0363. The van der Waals surface area contributed by atoms with Gasteiger partial charge in [0.2, 0.25) is 5.89 Å². The molecule has 4 nitrogen and oxygen atoms in total. The zero-order chi connectivity index (χ0) is 14.0. The normalized spacial score (nSPS) is 30.3. The van der Waals surface area contributed by atoms with Gasteiger partial charge in [0.1, 0.15) is 0 Å². The predicted octanol–water partition coefficient (Wildman–Crippen LogP) is 3.52. The molecule has 0 atom stereocenters. The van der Waals surface area contributed by atoms with E-state index in [1.807, 2.05) is 0 Å². The van der Waals surface area contributed by atoms with E-state index in [0.717, 1.165) is 30.5 Å². The number of hydrogen-bond acceptors (Lipinski definition) is 4. The molecule has 1 aromatic rings. The Morgan fingerprint density at radius 1 is 1.15 bits per heavy atom. The summed E-state index contributed by atoms with van der Waals surface area (Å²) in [6.45, 7) is 2.97. The van der Waals surface area contributed by atoms with Crippen molar-refractivity contribution >= 4 is 0 Å². The standard InChI is InChI=1S/C16H27N3O/c1-12-5-7-13(8-6-12)14-18-15(20-19-14)16(11-17)9-3-2-4-10-16/h12-13H,2-11,17H2,1H3. The summed E-state index contributed by atoms with van der Waals surface area (Å²) in [6.07, 6.45) is 11.0. The average molecular weight is 277 g/mol. The predicted molar refractivity (Wildman–Crippen MR) is 78.5 cm³/mol. The van der Waals surface area contributed by atoms with Crippen molar-refractivity contribution in [2.75, 3.05) is 6.54 Å². The molecule has 20 heavy (non-hydrogen) atoms. The summed E-state index contributed by atoms with van der Waals surface area (Å²) in [5, 5.41) is 4.29. The third-order valence-corrected chi connectivity index (χ3v) is 5.48. The zero-order valence-electron chi connectivity index (χ0n) is 12.6. The van der Waals surface area contributed by atoms with Crippen molar-refractivity contribution in [1.82, 2.24) is 10.1 Å². The van der Waals surface area contributed by atoms with Crippen LogP contribution in [0.25, 0.3) is 0 Å². The maximum Gasteiger partial charge on any atom is 0.234 e. The highest BCUT2D eigenvalue weighted by atomic mass is 16.5. The van der Waals surface area contributed by atoms with E-state index in [1.165, 1.54) is 44.9 Å². The molecule has 0 aromatic carbocycles. The van der Waals surface area contributed by atoms with Gasteiger partial charge in [-0.1, -0.05) is 44.2 Å². The van der Waals surface area contributed by atoms with Crippen LogP contribution in [0.5, 0.6) is 0 Å². The Morgan fingerprint density at radius 3 is 2.50 bits per heavy atom.